The minimum atomic E-state index is -1.04. The van der Waals surface area contributed by atoms with Gasteiger partial charge in [-0.05, 0) is 37.4 Å². The van der Waals surface area contributed by atoms with Gasteiger partial charge < -0.3 is 9.47 Å². The van der Waals surface area contributed by atoms with E-state index >= 15 is 0 Å². The van der Waals surface area contributed by atoms with Crippen molar-refractivity contribution in [3.05, 3.63) is 46.1 Å². The lowest BCUT2D eigenvalue weighted by Gasteiger charge is -2.28. The van der Waals surface area contributed by atoms with Gasteiger partial charge in [-0.1, -0.05) is 46.3 Å². The fraction of sp³-hybridized carbons (Fsp3) is 0.250. The number of hydrogen-bond acceptors (Lipinski definition) is 3. The van der Waals surface area contributed by atoms with E-state index in [0.717, 1.165) is 5.56 Å². The molecule has 0 saturated carbocycles. The van der Waals surface area contributed by atoms with Gasteiger partial charge in [0.15, 0.2) is 5.76 Å². The maximum absolute atomic E-state index is 11.6. The summed E-state index contributed by atoms with van der Waals surface area (Å²) in [6.07, 6.45) is 0. The Bertz CT molecular complexity index is 501. The summed E-state index contributed by atoms with van der Waals surface area (Å²) < 4.78 is 9.88. The van der Waals surface area contributed by atoms with Gasteiger partial charge in [0.25, 0.3) is 0 Å². The van der Waals surface area contributed by atoms with Gasteiger partial charge in [-0.25, -0.2) is 4.79 Å². The maximum Gasteiger partial charge on any atom is 0.350 e. The highest BCUT2D eigenvalue weighted by molar-refractivity contribution is 9.13. The van der Waals surface area contributed by atoms with Crippen molar-refractivity contribution >= 4 is 53.8 Å². The number of cyclic esters (lactones) is 1. The van der Waals surface area contributed by atoms with Crippen molar-refractivity contribution in [2.24, 2.45) is 0 Å². The Morgan fingerprint density at radius 2 is 1.94 bits per heavy atom. The molecule has 96 valence electrons. The second kappa shape index (κ2) is 5.35. The number of rotatable bonds is 3. The molecule has 1 aromatic carbocycles. The molecule has 0 aliphatic carbocycles. The van der Waals surface area contributed by atoms with Crippen LogP contribution in [0.2, 0.25) is 0 Å². The first-order valence-electron chi connectivity index (χ1n) is 5.06. The van der Waals surface area contributed by atoms with E-state index in [4.69, 9.17) is 9.47 Å². The minimum Gasteiger partial charge on any atom is -0.494 e. The number of carbonyl (C=O) groups is 1. The average molecular weight is 441 g/mol. The second-order valence-corrected chi connectivity index (χ2v) is 6.54. The molecular weight excluding hydrogens is 432 g/mol. The summed E-state index contributed by atoms with van der Waals surface area (Å²) in [5.74, 6) is -0.0395. The average Bonchev–Trinajstić information content (AvgIpc) is 2.61. The summed E-state index contributed by atoms with van der Waals surface area (Å²) in [6, 6.07) is 9.64. The largest absolute Gasteiger partial charge is 0.494 e. The smallest absolute Gasteiger partial charge is 0.350 e. The molecule has 0 spiro atoms. The van der Waals surface area contributed by atoms with Crippen LogP contribution >= 0.6 is 47.8 Å². The van der Waals surface area contributed by atoms with Crippen LogP contribution in [-0.2, 0) is 14.3 Å². The van der Waals surface area contributed by atoms with Crippen LogP contribution in [0, 0.1) is 0 Å². The number of methoxy groups -OCH3 is 1. The van der Waals surface area contributed by atoms with E-state index in [1.807, 2.05) is 30.3 Å². The van der Waals surface area contributed by atoms with E-state index in [-0.39, 0.29) is 4.83 Å². The molecule has 0 bridgehead atoms. The molecule has 0 fully saturated rings. The number of carbonyl (C=O) groups excluding carboxylic acids is 1. The Kier molecular flexibility index (Phi) is 4.18. The van der Waals surface area contributed by atoms with Crippen molar-refractivity contribution in [2.75, 3.05) is 7.11 Å². The zero-order valence-electron chi connectivity index (χ0n) is 9.32. The summed E-state index contributed by atoms with van der Waals surface area (Å²) in [5, 5.41) is 0. The molecule has 6 heteroatoms. The molecule has 1 aliphatic heterocycles. The fourth-order valence-electron chi connectivity index (χ4n) is 1.70. The van der Waals surface area contributed by atoms with Gasteiger partial charge in [0, 0.05) is 0 Å². The Hall–Kier alpha value is -0.330. The summed E-state index contributed by atoms with van der Waals surface area (Å²) in [7, 11) is 1.50. The van der Waals surface area contributed by atoms with E-state index in [1.54, 1.807) is 0 Å². The Morgan fingerprint density at radius 3 is 2.50 bits per heavy atom. The number of esters is 1. The van der Waals surface area contributed by atoms with Crippen molar-refractivity contribution in [2.45, 2.75) is 9.34 Å². The molecule has 1 heterocycles. The lowest BCUT2D eigenvalue weighted by atomic mass is 10.1. The van der Waals surface area contributed by atoms with Gasteiger partial charge in [0.1, 0.15) is 4.48 Å². The SMILES string of the molecule is COC1=C(Br)C(=O)O[C@@]1(Br)[C@H](Br)c1ccccc1. The Labute approximate surface area is 130 Å². The number of ether oxygens (including phenoxy) is 2. The van der Waals surface area contributed by atoms with Gasteiger partial charge in [0.2, 0.25) is 4.51 Å². The van der Waals surface area contributed by atoms with Crippen molar-refractivity contribution < 1.29 is 14.3 Å². The first-order chi connectivity index (χ1) is 8.50. The molecule has 2 rings (SSSR count). The lowest BCUT2D eigenvalue weighted by molar-refractivity contribution is -0.141. The van der Waals surface area contributed by atoms with Gasteiger partial charge in [-0.15, -0.1) is 0 Å². The number of halogens is 3. The van der Waals surface area contributed by atoms with Crippen LogP contribution in [0.3, 0.4) is 0 Å². The highest BCUT2D eigenvalue weighted by Crippen LogP contribution is 2.52. The zero-order chi connectivity index (χ0) is 13.3. The van der Waals surface area contributed by atoms with Crippen molar-refractivity contribution in [3.8, 4) is 0 Å². The molecule has 0 radical (unpaired) electrons. The normalized spacial score (nSPS) is 25.0. The highest BCUT2D eigenvalue weighted by Gasteiger charge is 2.52. The van der Waals surface area contributed by atoms with Gasteiger partial charge in [0.05, 0.1) is 11.9 Å². The van der Waals surface area contributed by atoms with E-state index < -0.39 is 10.5 Å². The van der Waals surface area contributed by atoms with Crippen LogP contribution in [-0.4, -0.2) is 17.6 Å². The molecule has 0 unspecified atom stereocenters. The zero-order valence-corrected chi connectivity index (χ0v) is 14.1. The Balaban J connectivity index is 2.41. The standard InChI is InChI=1S/C12H9Br3O3/c1-17-10-8(13)11(16)18-12(10,15)9(14)7-5-3-2-4-6-7/h2-6,9H,1H3/t9-,12+/m1/s1. The predicted octanol–water partition coefficient (Wildman–Crippen LogP) is 4.02. The lowest BCUT2D eigenvalue weighted by Crippen LogP contribution is -2.30. The molecule has 3 nitrogen and oxygen atoms in total. The number of hydrogen-bond donors (Lipinski definition) is 0. The molecule has 0 saturated heterocycles. The molecule has 0 N–H and O–H groups in total. The number of benzene rings is 1. The molecule has 18 heavy (non-hydrogen) atoms. The maximum atomic E-state index is 11.6. The van der Waals surface area contributed by atoms with E-state index in [9.17, 15) is 4.79 Å². The van der Waals surface area contributed by atoms with Gasteiger partial charge >= 0.3 is 5.97 Å². The Morgan fingerprint density at radius 1 is 1.33 bits per heavy atom. The van der Waals surface area contributed by atoms with Crippen LogP contribution in [0.1, 0.15) is 10.4 Å². The van der Waals surface area contributed by atoms with Crippen molar-refractivity contribution in [1.82, 2.24) is 0 Å². The van der Waals surface area contributed by atoms with E-state index in [0.29, 0.717) is 10.2 Å². The van der Waals surface area contributed by atoms with Crippen LogP contribution in [0.25, 0.3) is 0 Å². The summed E-state index contributed by atoms with van der Waals surface area (Å²) in [5.41, 5.74) is 0.971. The fourth-order valence-corrected chi connectivity index (χ4v) is 3.88. The van der Waals surface area contributed by atoms with Crippen molar-refractivity contribution in [3.63, 3.8) is 0 Å². The molecule has 1 aliphatic rings. The van der Waals surface area contributed by atoms with Crippen LogP contribution < -0.4 is 0 Å². The van der Waals surface area contributed by atoms with Gasteiger partial charge in [-0.3, -0.25) is 0 Å². The van der Waals surface area contributed by atoms with Crippen LogP contribution in [0.4, 0.5) is 0 Å². The van der Waals surface area contributed by atoms with Gasteiger partial charge in [-0.2, -0.15) is 0 Å². The molecule has 0 amide bonds. The molecular formula is C12H9Br3O3. The van der Waals surface area contributed by atoms with Crippen molar-refractivity contribution in [1.29, 1.82) is 0 Å². The third-order valence-electron chi connectivity index (χ3n) is 2.55. The monoisotopic (exact) mass is 438 g/mol. The topological polar surface area (TPSA) is 35.5 Å². The summed E-state index contributed by atoms with van der Waals surface area (Å²) in [6.45, 7) is 0. The minimum absolute atomic E-state index is 0.264. The van der Waals surface area contributed by atoms with Crippen LogP contribution in [0.5, 0.6) is 0 Å². The summed E-state index contributed by atoms with van der Waals surface area (Å²) in [4.78, 5) is 11.4. The van der Waals surface area contributed by atoms with E-state index in [2.05, 4.69) is 47.8 Å². The van der Waals surface area contributed by atoms with E-state index in [1.165, 1.54) is 7.11 Å². The second-order valence-electron chi connectivity index (χ2n) is 3.65. The third kappa shape index (κ3) is 2.26. The van der Waals surface area contributed by atoms with Crippen LogP contribution in [0.15, 0.2) is 40.6 Å². The molecule has 0 aromatic heterocycles. The molecule has 2 atom stereocenters. The first kappa shape index (κ1) is 14.1. The quantitative estimate of drug-likeness (QED) is 0.526. The number of alkyl halides is 2. The third-order valence-corrected chi connectivity index (χ3v) is 6.00. The molecule has 1 aromatic rings. The predicted molar refractivity (Wildman–Crippen MR) is 78.8 cm³/mol. The summed E-state index contributed by atoms with van der Waals surface area (Å²) >= 11 is 10.2. The first-order valence-corrected chi connectivity index (χ1v) is 7.56. The highest BCUT2D eigenvalue weighted by atomic mass is 79.9.